The quantitative estimate of drug-likeness (QED) is 0.574. The minimum atomic E-state index is 0.119. The summed E-state index contributed by atoms with van der Waals surface area (Å²) in [5.41, 5.74) is 0.339. The molecule has 1 unspecified atom stereocenters. The van der Waals surface area contributed by atoms with E-state index in [0.717, 1.165) is 6.42 Å². The van der Waals surface area contributed by atoms with Crippen LogP contribution in [-0.2, 0) is 4.79 Å². The van der Waals surface area contributed by atoms with Crippen LogP contribution < -0.4 is 0 Å². The number of hydrogen-bond acceptors (Lipinski definition) is 1. The van der Waals surface area contributed by atoms with Crippen LogP contribution in [0.4, 0.5) is 0 Å². The Balaban J connectivity index is 2.50. The molecule has 0 radical (unpaired) electrons. The first kappa shape index (κ1) is 9.30. The summed E-state index contributed by atoms with van der Waals surface area (Å²) in [5.74, 6) is 0.119. The monoisotopic (exact) mass is 167 g/mol. The van der Waals surface area contributed by atoms with E-state index in [0.29, 0.717) is 11.5 Å². The fourth-order valence-electron chi connectivity index (χ4n) is 1.51. The van der Waals surface area contributed by atoms with Crippen molar-refractivity contribution in [1.29, 1.82) is 0 Å². The van der Waals surface area contributed by atoms with E-state index in [1.54, 1.807) is 12.2 Å². The molecule has 0 aliphatic heterocycles. The van der Waals surface area contributed by atoms with Crippen LogP contribution in [-0.4, -0.2) is 23.9 Å². The lowest BCUT2D eigenvalue weighted by Crippen LogP contribution is -2.29. The molecule has 1 atom stereocenters. The third-order valence-electron chi connectivity index (χ3n) is 2.59. The Kier molecular flexibility index (Phi) is 2.27. The van der Waals surface area contributed by atoms with E-state index in [9.17, 15) is 4.79 Å². The number of likely N-dealkylation sites (N-methyl/N-ethyl adjacent to an activating group) is 1. The Morgan fingerprint density at radius 1 is 1.58 bits per heavy atom. The molecule has 68 valence electrons. The number of hydrogen-bond donors (Lipinski definition) is 0. The summed E-state index contributed by atoms with van der Waals surface area (Å²) in [6.45, 7) is 6.25. The fourth-order valence-corrected chi connectivity index (χ4v) is 1.51. The molecule has 1 fully saturated rings. The molecule has 0 saturated heterocycles. The van der Waals surface area contributed by atoms with Crippen molar-refractivity contribution in [2.75, 3.05) is 7.05 Å². The van der Waals surface area contributed by atoms with Gasteiger partial charge in [0.2, 0.25) is 5.91 Å². The first-order valence-corrected chi connectivity index (χ1v) is 4.38. The van der Waals surface area contributed by atoms with Crippen LogP contribution in [0.15, 0.2) is 12.2 Å². The van der Waals surface area contributed by atoms with Crippen LogP contribution in [0.25, 0.3) is 0 Å². The largest absolute Gasteiger partial charge is 0.339 e. The maximum absolute atomic E-state index is 11.4. The number of rotatable bonds is 2. The molecule has 0 aromatic heterocycles. The van der Waals surface area contributed by atoms with E-state index in [1.807, 2.05) is 18.9 Å². The summed E-state index contributed by atoms with van der Waals surface area (Å²) in [4.78, 5) is 13.2. The van der Waals surface area contributed by atoms with E-state index in [-0.39, 0.29) is 5.91 Å². The Labute approximate surface area is 74.2 Å². The highest BCUT2D eigenvalue weighted by Gasteiger charge is 2.49. The summed E-state index contributed by atoms with van der Waals surface area (Å²) in [7, 11) is 1.88. The topological polar surface area (TPSA) is 20.3 Å². The maximum Gasteiger partial charge on any atom is 0.246 e. The van der Waals surface area contributed by atoms with E-state index in [4.69, 9.17) is 0 Å². The van der Waals surface area contributed by atoms with Crippen LogP contribution >= 0.6 is 0 Å². The molecule has 1 aliphatic rings. The van der Waals surface area contributed by atoms with Gasteiger partial charge >= 0.3 is 0 Å². The molecule has 1 rings (SSSR count). The number of nitrogens with zero attached hydrogens (tertiary/aromatic N) is 1. The normalized spacial score (nSPS) is 25.8. The average Bonchev–Trinajstić information content (AvgIpc) is 2.59. The number of carbonyl (C=O) groups excluding carboxylic acids is 1. The molecule has 1 aliphatic carbocycles. The maximum atomic E-state index is 11.4. The van der Waals surface area contributed by atoms with Crippen molar-refractivity contribution in [3.05, 3.63) is 12.2 Å². The summed E-state index contributed by atoms with van der Waals surface area (Å²) in [5, 5.41) is 0. The predicted molar refractivity (Wildman–Crippen MR) is 49.8 cm³/mol. The lowest BCUT2D eigenvalue weighted by atomic mass is 10.2. The molecule has 1 saturated carbocycles. The third kappa shape index (κ3) is 1.68. The van der Waals surface area contributed by atoms with Crippen LogP contribution in [0.3, 0.4) is 0 Å². The van der Waals surface area contributed by atoms with E-state index < -0.39 is 0 Å². The Bertz CT molecular complexity index is 218. The first-order valence-electron chi connectivity index (χ1n) is 4.38. The zero-order valence-corrected chi connectivity index (χ0v) is 8.29. The highest BCUT2D eigenvalue weighted by atomic mass is 16.2. The second-order valence-corrected chi connectivity index (χ2v) is 4.16. The van der Waals surface area contributed by atoms with Gasteiger partial charge in [-0.25, -0.2) is 0 Å². The van der Waals surface area contributed by atoms with E-state index >= 15 is 0 Å². The molecule has 0 N–H and O–H groups in total. The van der Waals surface area contributed by atoms with Crippen molar-refractivity contribution in [3.63, 3.8) is 0 Å². The Hall–Kier alpha value is -0.790. The van der Waals surface area contributed by atoms with Crippen LogP contribution in [0.5, 0.6) is 0 Å². The van der Waals surface area contributed by atoms with Gasteiger partial charge in [0.25, 0.3) is 0 Å². The van der Waals surface area contributed by atoms with Gasteiger partial charge in [0, 0.05) is 13.1 Å². The van der Waals surface area contributed by atoms with Gasteiger partial charge < -0.3 is 4.90 Å². The molecular weight excluding hydrogens is 150 g/mol. The van der Waals surface area contributed by atoms with Crippen molar-refractivity contribution in [1.82, 2.24) is 4.90 Å². The summed E-state index contributed by atoms with van der Waals surface area (Å²) >= 11 is 0. The summed E-state index contributed by atoms with van der Waals surface area (Å²) in [6, 6.07) is 0.446. The zero-order valence-electron chi connectivity index (χ0n) is 8.29. The van der Waals surface area contributed by atoms with Crippen LogP contribution in [0.2, 0.25) is 0 Å². The standard InChI is InChI=1S/C10H17NO/c1-5-6-9(12)11(4)8-7-10(8,2)3/h5-6,8H,7H2,1-4H3/b6-5+. The van der Waals surface area contributed by atoms with Gasteiger partial charge in [0.15, 0.2) is 0 Å². The summed E-state index contributed by atoms with van der Waals surface area (Å²) in [6.07, 6.45) is 4.54. The van der Waals surface area contributed by atoms with Crippen molar-refractivity contribution < 1.29 is 4.79 Å². The molecule has 0 heterocycles. The van der Waals surface area contributed by atoms with Gasteiger partial charge in [0.1, 0.15) is 0 Å². The second kappa shape index (κ2) is 2.92. The van der Waals surface area contributed by atoms with E-state index in [1.165, 1.54) is 0 Å². The van der Waals surface area contributed by atoms with Crippen molar-refractivity contribution in [2.45, 2.75) is 33.2 Å². The van der Waals surface area contributed by atoms with E-state index in [2.05, 4.69) is 13.8 Å². The highest BCUT2D eigenvalue weighted by Crippen LogP contribution is 2.47. The molecule has 0 aromatic rings. The first-order chi connectivity index (χ1) is 5.49. The van der Waals surface area contributed by atoms with Gasteiger partial charge in [-0.2, -0.15) is 0 Å². The van der Waals surface area contributed by atoms with Gasteiger partial charge in [-0.15, -0.1) is 0 Å². The minimum absolute atomic E-state index is 0.119. The van der Waals surface area contributed by atoms with Crippen LogP contribution in [0, 0.1) is 5.41 Å². The van der Waals surface area contributed by atoms with Gasteiger partial charge in [-0.05, 0) is 24.8 Å². The molecule has 0 aromatic carbocycles. The van der Waals surface area contributed by atoms with Gasteiger partial charge in [0.05, 0.1) is 0 Å². The third-order valence-corrected chi connectivity index (χ3v) is 2.59. The predicted octanol–water partition coefficient (Wildman–Crippen LogP) is 1.82. The molecule has 0 bridgehead atoms. The Morgan fingerprint density at radius 2 is 2.08 bits per heavy atom. The van der Waals surface area contributed by atoms with Gasteiger partial charge in [-0.3, -0.25) is 4.79 Å². The van der Waals surface area contributed by atoms with Crippen molar-refractivity contribution in [3.8, 4) is 0 Å². The molecule has 1 amide bonds. The summed E-state index contributed by atoms with van der Waals surface area (Å²) < 4.78 is 0. The smallest absolute Gasteiger partial charge is 0.246 e. The average molecular weight is 167 g/mol. The Morgan fingerprint density at radius 3 is 2.42 bits per heavy atom. The fraction of sp³-hybridized carbons (Fsp3) is 0.700. The zero-order chi connectivity index (χ0) is 9.35. The molecule has 2 heteroatoms. The van der Waals surface area contributed by atoms with Crippen molar-refractivity contribution >= 4 is 5.91 Å². The molecule has 2 nitrogen and oxygen atoms in total. The number of amides is 1. The van der Waals surface area contributed by atoms with Crippen molar-refractivity contribution in [2.24, 2.45) is 5.41 Å². The van der Waals surface area contributed by atoms with Crippen LogP contribution in [0.1, 0.15) is 27.2 Å². The highest BCUT2D eigenvalue weighted by molar-refractivity contribution is 5.87. The SMILES string of the molecule is C/C=C/C(=O)N(C)C1CC1(C)C. The lowest BCUT2D eigenvalue weighted by Gasteiger charge is -2.16. The number of allylic oxidation sites excluding steroid dienone is 1. The molecular formula is C10H17NO. The van der Waals surface area contributed by atoms with Gasteiger partial charge in [-0.1, -0.05) is 19.9 Å². The second-order valence-electron chi connectivity index (χ2n) is 4.16. The molecule has 0 spiro atoms. The molecule has 12 heavy (non-hydrogen) atoms. The number of carbonyl (C=O) groups is 1. The lowest BCUT2D eigenvalue weighted by molar-refractivity contribution is -0.125. The minimum Gasteiger partial charge on any atom is -0.339 e.